The molecule has 0 radical (unpaired) electrons. The van der Waals surface area contributed by atoms with Crippen molar-refractivity contribution in [1.82, 2.24) is 4.57 Å². The number of para-hydroxylation sites is 2. The van der Waals surface area contributed by atoms with Crippen molar-refractivity contribution in [1.29, 1.82) is 0 Å². The van der Waals surface area contributed by atoms with E-state index >= 15 is 0 Å². The summed E-state index contributed by atoms with van der Waals surface area (Å²) in [7, 11) is 0. The molecule has 184 valence electrons. The summed E-state index contributed by atoms with van der Waals surface area (Å²) in [6, 6.07) is 47.5. The van der Waals surface area contributed by atoms with Crippen molar-refractivity contribution in [2.75, 3.05) is 0 Å². The van der Waals surface area contributed by atoms with Crippen molar-refractivity contribution in [3.63, 3.8) is 0 Å². The molecule has 2 nitrogen and oxygen atoms in total. The second kappa shape index (κ2) is 8.72. The van der Waals surface area contributed by atoms with Crippen LogP contribution in [0.3, 0.4) is 0 Å². The van der Waals surface area contributed by atoms with E-state index < -0.39 is 0 Å². The number of halogens is 1. The van der Waals surface area contributed by atoms with Gasteiger partial charge in [-0.15, -0.1) is 0 Å². The molecular formula is C36H22BrNO. The quantitative estimate of drug-likeness (QED) is 0.209. The normalized spacial score (nSPS) is 11.7. The number of aromatic nitrogens is 1. The zero-order chi connectivity index (χ0) is 25.9. The van der Waals surface area contributed by atoms with Gasteiger partial charge < -0.3 is 8.98 Å². The van der Waals surface area contributed by atoms with Crippen LogP contribution in [0, 0.1) is 0 Å². The molecule has 0 amide bonds. The highest BCUT2D eigenvalue weighted by molar-refractivity contribution is 9.10. The molecule has 2 aromatic heterocycles. The highest BCUT2D eigenvalue weighted by Gasteiger charge is 2.15. The van der Waals surface area contributed by atoms with Gasteiger partial charge in [0.25, 0.3) is 0 Å². The molecule has 0 bridgehead atoms. The maximum atomic E-state index is 6.25. The average Bonchev–Trinajstić information content (AvgIpc) is 3.52. The third-order valence-electron chi connectivity index (χ3n) is 7.67. The van der Waals surface area contributed by atoms with Gasteiger partial charge in [0.1, 0.15) is 11.2 Å². The van der Waals surface area contributed by atoms with E-state index in [9.17, 15) is 0 Å². The lowest BCUT2D eigenvalue weighted by atomic mass is 9.99. The standard InChI is InChI=1S/C36H22BrNO/c37-27-7-5-6-25(20-27)23-12-14-24(15-13-23)26-16-18-30-29-8-1-3-10-33(29)38(34(30)21-26)28-17-19-32-31-9-2-4-11-35(31)39-36(32)22-28/h1-22H. The minimum atomic E-state index is 0.902. The summed E-state index contributed by atoms with van der Waals surface area (Å²) >= 11 is 3.59. The SMILES string of the molecule is Brc1cccc(-c2ccc(-c3ccc4c5ccccc5n(-c5ccc6c(c5)oc5ccccc56)c4c3)cc2)c1. The minimum absolute atomic E-state index is 0.902. The molecule has 0 unspecified atom stereocenters. The van der Waals surface area contributed by atoms with Gasteiger partial charge in [0, 0.05) is 37.8 Å². The highest BCUT2D eigenvalue weighted by Crippen LogP contribution is 2.37. The summed E-state index contributed by atoms with van der Waals surface area (Å²) in [5, 5.41) is 4.77. The largest absolute Gasteiger partial charge is 0.456 e. The zero-order valence-electron chi connectivity index (χ0n) is 20.9. The number of hydrogen-bond acceptors (Lipinski definition) is 1. The fraction of sp³-hybridized carbons (Fsp3) is 0. The zero-order valence-corrected chi connectivity index (χ0v) is 22.5. The van der Waals surface area contributed by atoms with Gasteiger partial charge >= 0.3 is 0 Å². The van der Waals surface area contributed by atoms with Crippen molar-refractivity contribution in [3.8, 4) is 27.9 Å². The number of benzene rings is 6. The molecule has 8 rings (SSSR count). The maximum absolute atomic E-state index is 6.25. The summed E-state index contributed by atoms with van der Waals surface area (Å²) in [6.07, 6.45) is 0. The van der Waals surface area contributed by atoms with Crippen LogP contribution in [-0.2, 0) is 0 Å². The second-order valence-corrected chi connectivity index (χ2v) is 10.9. The summed E-state index contributed by atoms with van der Waals surface area (Å²) < 4.78 is 9.69. The number of furan rings is 1. The summed E-state index contributed by atoms with van der Waals surface area (Å²) in [4.78, 5) is 0. The maximum Gasteiger partial charge on any atom is 0.137 e. The lowest BCUT2D eigenvalue weighted by molar-refractivity contribution is 0.668. The molecular weight excluding hydrogens is 542 g/mol. The summed E-state index contributed by atoms with van der Waals surface area (Å²) in [5.74, 6) is 0. The van der Waals surface area contributed by atoms with E-state index in [1.165, 1.54) is 44.1 Å². The van der Waals surface area contributed by atoms with Crippen LogP contribution >= 0.6 is 15.9 Å². The summed E-state index contributed by atoms with van der Waals surface area (Å²) in [5.41, 5.74) is 10.1. The first-order chi connectivity index (χ1) is 19.2. The highest BCUT2D eigenvalue weighted by atomic mass is 79.9. The van der Waals surface area contributed by atoms with Crippen LogP contribution in [0.2, 0.25) is 0 Å². The fourth-order valence-electron chi connectivity index (χ4n) is 5.81. The molecule has 0 saturated heterocycles. The van der Waals surface area contributed by atoms with Gasteiger partial charge in [-0.1, -0.05) is 101 Å². The third kappa shape index (κ3) is 3.62. The first kappa shape index (κ1) is 22.4. The molecule has 3 heteroatoms. The van der Waals surface area contributed by atoms with Crippen LogP contribution in [0.1, 0.15) is 0 Å². The van der Waals surface area contributed by atoms with E-state index in [2.05, 4.69) is 142 Å². The van der Waals surface area contributed by atoms with Gasteiger partial charge in [0.15, 0.2) is 0 Å². The Balaban J connectivity index is 1.30. The lowest BCUT2D eigenvalue weighted by Gasteiger charge is -2.10. The van der Waals surface area contributed by atoms with Crippen molar-refractivity contribution in [3.05, 3.63) is 138 Å². The molecule has 8 aromatic rings. The Morgan fingerprint density at radius 2 is 1.08 bits per heavy atom. The van der Waals surface area contributed by atoms with E-state index in [1.54, 1.807) is 0 Å². The Bertz CT molecular complexity index is 2180. The van der Waals surface area contributed by atoms with Crippen LogP contribution in [0.15, 0.2) is 142 Å². The van der Waals surface area contributed by atoms with Gasteiger partial charge in [-0.2, -0.15) is 0 Å². The monoisotopic (exact) mass is 563 g/mol. The van der Waals surface area contributed by atoms with Gasteiger partial charge in [-0.25, -0.2) is 0 Å². The van der Waals surface area contributed by atoms with Gasteiger partial charge in [-0.3, -0.25) is 0 Å². The molecule has 0 fully saturated rings. The van der Waals surface area contributed by atoms with E-state index in [0.29, 0.717) is 0 Å². The van der Waals surface area contributed by atoms with Crippen molar-refractivity contribution < 1.29 is 4.42 Å². The van der Waals surface area contributed by atoms with Gasteiger partial charge in [-0.05, 0) is 64.7 Å². The minimum Gasteiger partial charge on any atom is -0.456 e. The lowest BCUT2D eigenvalue weighted by Crippen LogP contribution is -1.93. The van der Waals surface area contributed by atoms with Gasteiger partial charge in [0.05, 0.1) is 11.0 Å². The molecule has 0 N–H and O–H groups in total. The number of hydrogen-bond donors (Lipinski definition) is 0. The predicted octanol–water partition coefficient (Wildman–Crippen LogP) is 10.8. The van der Waals surface area contributed by atoms with Crippen LogP contribution in [-0.4, -0.2) is 4.57 Å². The smallest absolute Gasteiger partial charge is 0.137 e. The predicted molar refractivity (Wildman–Crippen MR) is 167 cm³/mol. The Hall–Kier alpha value is -4.60. The first-order valence-electron chi connectivity index (χ1n) is 13.0. The molecule has 2 heterocycles. The Kier molecular flexibility index (Phi) is 5.01. The molecule has 0 aliphatic carbocycles. The molecule has 0 atom stereocenters. The van der Waals surface area contributed by atoms with Crippen LogP contribution in [0.4, 0.5) is 0 Å². The number of rotatable bonds is 3. The molecule has 39 heavy (non-hydrogen) atoms. The van der Waals surface area contributed by atoms with E-state index in [1.807, 2.05) is 12.1 Å². The van der Waals surface area contributed by atoms with E-state index in [-0.39, 0.29) is 0 Å². The molecule has 6 aromatic carbocycles. The second-order valence-electron chi connectivity index (χ2n) is 9.95. The molecule has 0 aliphatic rings. The Labute approximate surface area is 233 Å². The average molecular weight is 564 g/mol. The molecule has 0 saturated carbocycles. The van der Waals surface area contributed by atoms with Crippen molar-refractivity contribution in [2.24, 2.45) is 0 Å². The Morgan fingerprint density at radius 1 is 0.436 bits per heavy atom. The van der Waals surface area contributed by atoms with Gasteiger partial charge in [0.2, 0.25) is 0 Å². The van der Waals surface area contributed by atoms with Crippen molar-refractivity contribution >= 4 is 59.7 Å². The van der Waals surface area contributed by atoms with Crippen LogP contribution in [0.5, 0.6) is 0 Å². The van der Waals surface area contributed by atoms with Crippen molar-refractivity contribution in [2.45, 2.75) is 0 Å². The number of fused-ring (bicyclic) bond motifs is 6. The topological polar surface area (TPSA) is 18.1 Å². The summed E-state index contributed by atoms with van der Waals surface area (Å²) in [6.45, 7) is 0. The first-order valence-corrected chi connectivity index (χ1v) is 13.8. The van der Waals surface area contributed by atoms with Crippen LogP contribution in [0.25, 0.3) is 71.7 Å². The Morgan fingerprint density at radius 3 is 1.90 bits per heavy atom. The van der Waals surface area contributed by atoms with Crippen LogP contribution < -0.4 is 0 Å². The third-order valence-corrected chi connectivity index (χ3v) is 8.16. The molecule has 0 spiro atoms. The molecule has 0 aliphatic heterocycles. The number of nitrogens with zero attached hydrogens (tertiary/aromatic N) is 1. The van der Waals surface area contributed by atoms with E-state index in [4.69, 9.17) is 4.42 Å². The van der Waals surface area contributed by atoms with E-state index in [0.717, 1.165) is 32.1 Å². The fourth-order valence-corrected chi connectivity index (χ4v) is 6.20.